The van der Waals surface area contributed by atoms with Gasteiger partial charge < -0.3 is 24.5 Å². The molecule has 2 amide bonds. The number of nitrogens with zero attached hydrogens (tertiary/aromatic N) is 3. The second-order valence-electron chi connectivity index (χ2n) is 10.9. The van der Waals surface area contributed by atoms with Crippen molar-refractivity contribution in [3.8, 4) is 0 Å². The molecule has 3 saturated heterocycles. The molecule has 1 N–H and O–H groups in total. The molecule has 0 saturated carbocycles. The SMILES string of the molecule is C=CCCCOC(=O)[C@@H]1[C@@H]2CCC3(S2)C(C(=O)N(CC=C)c2ccc(N(CC)CC)cc2)N([C@H](C)CO)C(=O)[C@H]13. The molecule has 0 radical (unpaired) electrons. The molecule has 2 bridgehead atoms. The van der Waals surface area contributed by atoms with Crippen molar-refractivity contribution >= 4 is 40.9 Å². The molecule has 1 aromatic rings. The van der Waals surface area contributed by atoms with Crippen molar-refractivity contribution in [3.05, 3.63) is 49.6 Å². The Morgan fingerprint density at radius 1 is 1.20 bits per heavy atom. The molecule has 218 valence electrons. The number of rotatable bonds is 14. The molecule has 1 spiro atoms. The minimum absolute atomic E-state index is 0.0658. The van der Waals surface area contributed by atoms with Gasteiger partial charge in [0.25, 0.3) is 5.91 Å². The van der Waals surface area contributed by atoms with Crippen LogP contribution in [-0.4, -0.2) is 82.7 Å². The summed E-state index contributed by atoms with van der Waals surface area (Å²) >= 11 is 1.60. The number of hydrogen-bond acceptors (Lipinski definition) is 7. The average Bonchev–Trinajstić information content (AvgIpc) is 3.61. The maximum atomic E-state index is 14.5. The van der Waals surface area contributed by atoms with Gasteiger partial charge in [0.05, 0.1) is 35.8 Å². The number of aliphatic hydroxyl groups excluding tert-OH is 1. The van der Waals surface area contributed by atoms with E-state index in [-0.39, 0.29) is 42.8 Å². The quantitative estimate of drug-likeness (QED) is 0.206. The van der Waals surface area contributed by atoms with Gasteiger partial charge in [-0.25, -0.2) is 0 Å². The number of amides is 2. The number of carbonyl (C=O) groups excluding carboxylic acids is 3. The molecule has 4 rings (SSSR count). The third-order valence-electron chi connectivity index (χ3n) is 8.65. The summed E-state index contributed by atoms with van der Waals surface area (Å²) in [6.45, 7) is 15.6. The van der Waals surface area contributed by atoms with Crippen LogP contribution in [0.25, 0.3) is 0 Å². The number of fused-ring (bicyclic) bond motifs is 1. The van der Waals surface area contributed by atoms with Crippen LogP contribution in [0.1, 0.15) is 46.5 Å². The van der Waals surface area contributed by atoms with E-state index >= 15 is 0 Å². The standard InChI is InChI=1S/C31H43N3O5S/c1-6-10-11-19-39-30(38)25-24-16-17-31(40-24)26(25)28(36)34(21(5)20-35)27(31)29(37)33(18-7-2)23-14-12-22(13-15-23)32(8-3)9-4/h6-7,12-15,21,24-27,35H,1-2,8-11,16-20H2,3-5H3/t21-,24+,25-,26+,27?,31?/m1/s1. The number of thioether (sulfide) groups is 1. The molecule has 1 aromatic carbocycles. The van der Waals surface area contributed by atoms with Crippen LogP contribution in [0.15, 0.2) is 49.6 Å². The van der Waals surface area contributed by atoms with E-state index in [1.165, 1.54) is 0 Å². The average molecular weight is 570 g/mol. The normalized spacial score (nSPS) is 27.3. The van der Waals surface area contributed by atoms with Gasteiger partial charge in [0.1, 0.15) is 6.04 Å². The van der Waals surface area contributed by atoms with Gasteiger partial charge in [-0.3, -0.25) is 14.4 Å². The van der Waals surface area contributed by atoms with Gasteiger partial charge in [0.2, 0.25) is 5.91 Å². The maximum Gasteiger partial charge on any atom is 0.310 e. The first kappa shape index (κ1) is 30.2. The Morgan fingerprint density at radius 2 is 1.88 bits per heavy atom. The summed E-state index contributed by atoms with van der Waals surface area (Å²) in [5.41, 5.74) is 1.80. The number of allylic oxidation sites excluding steroid dienone is 1. The van der Waals surface area contributed by atoms with E-state index in [9.17, 15) is 19.5 Å². The predicted octanol–water partition coefficient (Wildman–Crippen LogP) is 4.03. The largest absolute Gasteiger partial charge is 0.465 e. The summed E-state index contributed by atoms with van der Waals surface area (Å²) in [4.78, 5) is 47.4. The van der Waals surface area contributed by atoms with Gasteiger partial charge in [0.15, 0.2) is 0 Å². The van der Waals surface area contributed by atoms with Gasteiger partial charge in [-0.15, -0.1) is 24.9 Å². The number of anilines is 2. The van der Waals surface area contributed by atoms with Crippen LogP contribution >= 0.6 is 11.8 Å². The first-order valence-corrected chi connectivity index (χ1v) is 15.3. The second kappa shape index (κ2) is 12.8. The van der Waals surface area contributed by atoms with E-state index in [2.05, 4.69) is 31.9 Å². The molecular weight excluding hydrogens is 526 g/mol. The molecular formula is C31H43N3O5S. The molecule has 0 aliphatic carbocycles. The van der Waals surface area contributed by atoms with Gasteiger partial charge >= 0.3 is 5.97 Å². The molecule has 3 aliphatic heterocycles. The highest BCUT2D eigenvalue weighted by molar-refractivity contribution is 8.02. The van der Waals surface area contributed by atoms with Crippen molar-refractivity contribution < 1.29 is 24.2 Å². The third-order valence-corrected chi connectivity index (χ3v) is 10.6. The number of carbonyl (C=O) groups is 3. The van der Waals surface area contributed by atoms with Crippen molar-refractivity contribution in [2.45, 2.75) is 68.5 Å². The Bertz CT molecular complexity index is 1110. The third kappa shape index (κ3) is 5.18. The van der Waals surface area contributed by atoms with Crippen LogP contribution in [-0.2, 0) is 19.1 Å². The Morgan fingerprint density at radius 3 is 2.48 bits per heavy atom. The molecule has 3 fully saturated rings. The van der Waals surface area contributed by atoms with E-state index in [0.717, 1.165) is 37.3 Å². The lowest BCUT2D eigenvalue weighted by Gasteiger charge is -2.39. The predicted molar refractivity (Wildman–Crippen MR) is 160 cm³/mol. The van der Waals surface area contributed by atoms with E-state index in [1.54, 1.807) is 40.6 Å². The number of unbranched alkanes of at least 4 members (excludes halogenated alkanes) is 1. The monoisotopic (exact) mass is 569 g/mol. The van der Waals surface area contributed by atoms with Crippen molar-refractivity contribution in [2.24, 2.45) is 11.8 Å². The summed E-state index contributed by atoms with van der Waals surface area (Å²) in [6, 6.07) is 6.51. The van der Waals surface area contributed by atoms with Crippen molar-refractivity contribution in [3.63, 3.8) is 0 Å². The summed E-state index contributed by atoms with van der Waals surface area (Å²) in [5, 5.41) is 10.1. The fourth-order valence-electron chi connectivity index (χ4n) is 6.73. The fourth-order valence-corrected chi connectivity index (χ4v) is 8.92. The lowest BCUT2D eigenvalue weighted by molar-refractivity contribution is -0.154. The van der Waals surface area contributed by atoms with Crippen LogP contribution in [0, 0.1) is 11.8 Å². The number of benzene rings is 1. The van der Waals surface area contributed by atoms with Gasteiger partial charge in [-0.1, -0.05) is 12.2 Å². The van der Waals surface area contributed by atoms with Crippen LogP contribution in [0.5, 0.6) is 0 Å². The second-order valence-corrected chi connectivity index (χ2v) is 12.5. The number of likely N-dealkylation sites (tertiary alicyclic amines) is 1. The Hall–Kier alpha value is -2.78. The van der Waals surface area contributed by atoms with Crippen molar-refractivity contribution in [1.29, 1.82) is 0 Å². The van der Waals surface area contributed by atoms with Crippen LogP contribution < -0.4 is 9.80 Å². The Balaban J connectivity index is 1.68. The molecule has 3 aliphatic rings. The Labute approximate surface area is 242 Å². The van der Waals surface area contributed by atoms with Crippen LogP contribution in [0.2, 0.25) is 0 Å². The van der Waals surface area contributed by atoms with Crippen molar-refractivity contribution in [1.82, 2.24) is 4.90 Å². The summed E-state index contributed by atoms with van der Waals surface area (Å²) in [7, 11) is 0. The van der Waals surface area contributed by atoms with Crippen LogP contribution in [0.4, 0.5) is 11.4 Å². The molecule has 8 nitrogen and oxygen atoms in total. The summed E-state index contributed by atoms with van der Waals surface area (Å²) < 4.78 is 4.88. The number of aliphatic hydroxyl groups is 1. The van der Waals surface area contributed by atoms with E-state index in [1.807, 2.05) is 24.3 Å². The fraction of sp³-hybridized carbons (Fsp3) is 0.581. The molecule has 2 unspecified atom stereocenters. The summed E-state index contributed by atoms with van der Waals surface area (Å²) in [5.74, 6) is -2.05. The van der Waals surface area contributed by atoms with E-state index < -0.39 is 28.7 Å². The smallest absolute Gasteiger partial charge is 0.310 e. The minimum atomic E-state index is -0.803. The van der Waals surface area contributed by atoms with Crippen molar-refractivity contribution in [2.75, 3.05) is 42.6 Å². The highest BCUT2D eigenvalue weighted by Crippen LogP contribution is 2.67. The molecule has 40 heavy (non-hydrogen) atoms. The summed E-state index contributed by atoms with van der Waals surface area (Å²) in [6.07, 6.45) is 6.30. The lowest BCUT2D eigenvalue weighted by atomic mass is 9.71. The topological polar surface area (TPSA) is 90.4 Å². The lowest BCUT2D eigenvalue weighted by Crippen LogP contribution is -2.57. The highest BCUT2D eigenvalue weighted by atomic mass is 32.2. The maximum absolute atomic E-state index is 14.5. The van der Waals surface area contributed by atoms with E-state index in [0.29, 0.717) is 12.8 Å². The van der Waals surface area contributed by atoms with Gasteiger partial charge in [-0.2, -0.15) is 0 Å². The zero-order valence-corrected chi connectivity index (χ0v) is 24.8. The van der Waals surface area contributed by atoms with Gasteiger partial charge in [-0.05, 0) is 70.7 Å². The number of ether oxygens (including phenoxy) is 1. The first-order chi connectivity index (χ1) is 19.3. The number of hydrogen-bond donors (Lipinski definition) is 1. The molecule has 3 heterocycles. The number of esters is 1. The molecule has 9 heteroatoms. The molecule has 0 aromatic heterocycles. The Kier molecular flexibility index (Phi) is 9.67. The molecule has 6 atom stereocenters. The zero-order valence-electron chi connectivity index (χ0n) is 24.0. The van der Waals surface area contributed by atoms with Gasteiger partial charge in [0, 0.05) is 36.3 Å². The first-order valence-electron chi connectivity index (χ1n) is 14.4. The highest BCUT2D eigenvalue weighted by Gasteiger charge is 2.74. The van der Waals surface area contributed by atoms with Crippen LogP contribution in [0.3, 0.4) is 0 Å². The van der Waals surface area contributed by atoms with E-state index in [4.69, 9.17) is 4.74 Å². The minimum Gasteiger partial charge on any atom is -0.465 e. The zero-order chi connectivity index (χ0) is 29.0.